The van der Waals surface area contributed by atoms with Crippen LogP contribution in [0.25, 0.3) is 0 Å². The molecule has 5 nitrogen and oxygen atoms in total. The smallest absolute Gasteiger partial charge is 0.189 e. The van der Waals surface area contributed by atoms with Crippen LogP contribution >= 0.6 is 0 Å². The summed E-state index contributed by atoms with van der Waals surface area (Å²) in [4.78, 5) is 4.41. The molecule has 0 radical (unpaired) electrons. The van der Waals surface area contributed by atoms with Gasteiger partial charge in [-0.3, -0.25) is 0 Å². The maximum atomic E-state index is 13.5. The van der Waals surface area contributed by atoms with E-state index < -0.39 is 0 Å². The lowest BCUT2D eigenvalue weighted by Crippen LogP contribution is -2.39. The minimum Gasteiger partial charge on any atom is -0.497 e. The zero-order chi connectivity index (χ0) is 17.1. The predicted octanol–water partition coefficient (Wildman–Crippen LogP) is 2.93. The minimum absolute atomic E-state index is 0.0865. The summed E-state index contributed by atoms with van der Waals surface area (Å²) >= 11 is 0. The first-order chi connectivity index (χ1) is 11.6. The third-order valence-electron chi connectivity index (χ3n) is 4.13. The third kappa shape index (κ3) is 3.27. The van der Waals surface area contributed by atoms with Gasteiger partial charge in [0.05, 0.1) is 26.3 Å². The van der Waals surface area contributed by atoms with Crippen LogP contribution in [0, 0.1) is 5.82 Å². The summed E-state index contributed by atoms with van der Waals surface area (Å²) in [7, 11) is 3.22. The molecule has 1 heterocycles. The van der Waals surface area contributed by atoms with Crippen LogP contribution in [0.15, 0.2) is 47.5 Å². The molecule has 3 N–H and O–H groups in total. The van der Waals surface area contributed by atoms with Crippen LogP contribution < -0.4 is 20.5 Å². The summed E-state index contributed by atoms with van der Waals surface area (Å²) in [6, 6.07) is 11.8. The van der Waals surface area contributed by atoms with Crippen molar-refractivity contribution in [1.82, 2.24) is 5.32 Å². The van der Waals surface area contributed by atoms with E-state index in [-0.39, 0.29) is 17.9 Å². The van der Waals surface area contributed by atoms with Crippen molar-refractivity contribution in [3.63, 3.8) is 0 Å². The van der Waals surface area contributed by atoms with E-state index in [1.165, 1.54) is 12.1 Å². The van der Waals surface area contributed by atoms with Gasteiger partial charge in [0.2, 0.25) is 0 Å². The fourth-order valence-electron chi connectivity index (χ4n) is 2.95. The van der Waals surface area contributed by atoms with Crippen molar-refractivity contribution in [3.8, 4) is 11.5 Å². The molecule has 2 atom stereocenters. The van der Waals surface area contributed by atoms with E-state index in [1.807, 2.05) is 24.3 Å². The summed E-state index contributed by atoms with van der Waals surface area (Å²) in [5, 5.41) is 3.17. The van der Waals surface area contributed by atoms with E-state index in [4.69, 9.17) is 15.2 Å². The Morgan fingerprint density at radius 2 is 2.00 bits per heavy atom. The molecule has 1 aliphatic heterocycles. The van der Waals surface area contributed by atoms with Gasteiger partial charge in [-0.25, -0.2) is 9.38 Å². The molecule has 6 heteroatoms. The Bertz CT molecular complexity index is 764. The first-order valence-electron chi connectivity index (χ1n) is 7.68. The first-order valence-corrected chi connectivity index (χ1v) is 7.68. The molecule has 2 aromatic carbocycles. The Balaban J connectivity index is 1.92. The van der Waals surface area contributed by atoms with Gasteiger partial charge in [-0.05, 0) is 36.2 Å². The topological polar surface area (TPSA) is 68.9 Å². The molecule has 126 valence electrons. The average Bonchev–Trinajstić information content (AvgIpc) is 2.60. The number of ether oxygens (including phenoxy) is 2. The number of hydrogen-bond acceptors (Lipinski definition) is 5. The monoisotopic (exact) mass is 329 g/mol. The molecule has 0 amide bonds. The molecule has 0 aromatic heterocycles. The van der Waals surface area contributed by atoms with Crippen LogP contribution in [0.5, 0.6) is 11.5 Å². The van der Waals surface area contributed by atoms with Gasteiger partial charge in [0, 0.05) is 11.6 Å². The molecule has 2 unspecified atom stereocenters. The van der Waals surface area contributed by atoms with Crippen molar-refractivity contribution in [3.05, 3.63) is 59.4 Å². The van der Waals surface area contributed by atoms with Gasteiger partial charge in [-0.1, -0.05) is 12.1 Å². The molecular formula is C18H20FN3O2. The Kier molecular flexibility index (Phi) is 4.55. The molecule has 2 aromatic rings. The van der Waals surface area contributed by atoms with Crippen LogP contribution in [-0.2, 0) is 0 Å². The zero-order valence-electron chi connectivity index (χ0n) is 13.6. The second kappa shape index (κ2) is 6.78. The predicted molar refractivity (Wildman–Crippen MR) is 90.8 cm³/mol. The van der Waals surface area contributed by atoms with Gasteiger partial charge in [-0.15, -0.1) is 0 Å². The summed E-state index contributed by atoms with van der Waals surface area (Å²) in [5.41, 5.74) is 7.71. The minimum atomic E-state index is -0.279. The van der Waals surface area contributed by atoms with Gasteiger partial charge in [0.1, 0.15) is 17.3 Å². The van der Waals surface area contributed by atoms with Gasteiger partial charge >= 0.3 is 0 Å². The third-order valence-corrected chi connectivity index (χ3v) is 4.13. The molecule has 0 fully saturated rings. The standard InChI is InChI=1S/C18H20FN3O2/c1-23-13-6-7-14(17(9-13)24-2)16-10-15(21-18(20)22-16)11-4-3-5-12(19)8-11/h3-9,15-16H,10H2,1-2H3,(H3,20,21,22). The summed E-state index contributed by atoms with van der Waals surface area (Å²) in [5.74, 6) is 1.48. The lowest BCUT2D eigenvalue weighted by molar-refractivity contribution is 0.381. The van der Waals surface area contributed by atoms with Gasteiger partial charge in [0.25, 0.3) is 0 Å². The van der Waals surface area contributed by atoms with Crippen molar-refractivity contribution in [2.45, 2.75) is 18.5 Å². The summed E-state index contributed by atoms with van der Waals surface area (Å²) < 4.78 is 24.2. The Labute approximate surface area is 140 Å². The van der Waals surface area contributed by atoms with Crippen molar-refractivity contribution in [2.75, 3.05) is 14.2 Å². The fourth-order valence-corrected chi connectivity index (χ4v) is 2.95. The number of guanidine groups is 1. The molecule has 1 aliphatic rings. The molecule has 24 heavy (non-hydrogen) atoms. The molecule has 0 saturated heterocycles. The van der Waals surface area contributed by atoms with Crippen LogP contribution in [0.3, 0.4) is 0 Å². The highest BCUT2D eigenvalue weighted by Crippen LogP contribution is 2.37. The fraction of sp³-hybridized carbons (Fsp3) is 0.278. The number of halogens is 1. The Morgan fingerprint density at radius 3 is 2.71 bits per heavy atom. The normalized spacial score (nSPS) is 20.0. The highest BCUT2D eigenvalue weighted by atomic mass is 19.1. The van der Waals surface area contributed by atoms with Crippen molar-refractivity contribution in [2.24, 2.45) is 10.7 Å². The van der Waals surface area contributed by atoms with E-state index >= 15 is 0 Å². The number of hydrogen-bond donors (Lipinski definition) is 2. The number of nitrogens with two attached hydrogens (primary N) is 1. The molecular weight excluding hydrogens is 309 g/mol. The number of nitrogens with one attached hydrogen (secondary N) is 1. The van der Waals surface area contributed by atoms with Gasteiger partial charge in [-0.2, -0.15) is 0 Å². The van der Waals surface area contributed by atoms with Gasteiger partial charge in [0.15, 0.2) is 5.96 Å². The number of methoxy groups -OCH3 is 2. The average molecular weight is 329 g/mol. The van der Waals surface area contributed by atoms with Crippen LogP contribution in [0.1, 0.15) is 29.6 Å². The number of benzene rings is 2. The maximum absolute atomic E-state index is 13.5. The largest absolute Gasteiger partial charge is 0.497 e. The Morgan fingerprint density at radius 1 is 1.17 bits per heavy atom. The van der Waals surface area contributed by atoms with Crippen LogP contribution in [0.2, 0.25) is 0 Å². The second-order valence-corrected chi connectivity index (χ2v) is 5.63. The highest BCUT2D eigenvalue weighted by Gasteiger charge is 2.27. The number of nitrogens with zero attached hydrogens (tertiary/aromatic N) is 1. The van der Waals surface area contributed by atoms with E-state index in [0.29, 0.717) is 18.1 Å². The van der Waals surface area contributed by atoms with E-state index in [2.05, 4.69) is 10.3 Å². The SMILES string of the molecule is COc1ccc(C2CC(c3cccc(F)c3)N=C(N)N2)c(OC)c1. The lowest BCUT2D eigenvalue weighted by Gasteiger charge is -2.29. The highest BCUT2D eigenvalue weighted by molar-refractivity contribution is 5.79. The van der Waals surface area contributed by atoms with E-state index in [1.54, 1.807) is 20.3 Å². The quantitative estimate of drug-likeness (QED) is 0.905. The van der Waals surface area contributed by atoms with E-state index in [9.17, 15) is 4.39 Å². The first kappa shape index (κ1) is 16.1. The molecule has 0 aliphatic carbocycles. The second-order valence-electron chi connectivity index (χ2n) is 5.63. The van der Waals surface area contributed by atoms with Crippen molar-refractivity contribution >= 4 is 5.96 Å². The zero-order valence-corrected chi connectivity index (χ0v) is 13.6. The van der Waals surface area contributed by atoms with Crippen molar-refractivity contribution in [1.29, 1.82) is 0 Å². The molecule has 0 saturated carbocycles. The number of aliphatic imine (C=N–C) groups is 1. The molecule has 0 bridgehead atoms. The maximum Gasteiger partial charge on any atom is 0.189 e. The summed E-state index contributed by atoms with van der Waals surface area (Å²) in [6.07, 6.45) is 0.646. The molecule has 0 spiro atoms. The number of rotatable bonds is 4. The van der Waals surface area contributed by atoms with Gasteiger partial charge < -0.3 is 20.5 Å². The van der Waals surface area contributed by atoms with Crippen molar-refractivity contribution < 1.29 is 13.9 Å². The summed E-state index contributed by atoms with van der Waals surface area (Å²) in [6.45, 7) is 0. The molecule has 3 rings (SSSR count). The lowest BCUT2D eigenvalue weighted by atomic mass is 9.93. The van der Waals surface area contributed by atoms with Crippen LogP contribution in [0.4, 0.5) is 4.39 Å². The Hall–Kier alpha value is -2.76. The van der Waals surface area contributed by atoms with E-state index in [0.717, 1.165) is 16.9 Å². The van der Waals surface area contributed by atoms with Crippen LogP contribution in [-0.4, -0.2) is 20.2 Å².